The van der Waals surface area contributed by atoms with Gasteiger partial charge < -0.3 is 20.1 Å². The summed E-state index contributed by atoms with van der Waals surface area (Å²) in [7, 11) is 2.18. The molecule has 1 aliphatic heterocycles. The van der Waals surface area contributed by atoms with Crippen molar-refractivity contribution in [2.75, 3.05) is 52.8 Å². The monoisotopic (exact) mass is 436 g/mol. The molecule has 0 spiro atoms. The number of thioether (sulfide) groups is 1. The van der Waals surface area contributed by atoms with Crippen LogP contribution in [-0.4, -0.2) is 74.4 Å². The number of nitrogens with zero attached hydrogens (tertiary/aromatic N) is 2. The van der Waals surface area contributed by atoms with Gasteiger partial charge in [-0.2, -0.15) is 11.8 Å². The van der Waals surface area contributed by atoms with Crippen molar-refractivity contribution in [1.29, 1.82) is 0 Å². The van der Waals surface area contributed by atoms with Crippen LogP contribution in [-0.2, 0) is 11.3 Å². The zero-order valence-electron chi connectivity index (χ0n) is 19.4. The number of hydrogen-bond donors (Lipinski definition) is 2. The van der Waals surface area contributed by atoms with Crippen molar-refractivity contribution in [2.24, 2.45) is 4.99 Å². The van der Waals surface area contributed by atoms with E-state index < -0.39 is 0 Å². The predicted octanol–water partition coefficient (Wildman–Crippen LogP) is 3.37. The van der Waals surface area contributed by atoms with Crippen LogP contribution in [0.25, 0.3) is 0 Å². The van der Waals surface area contributed by atoms with Gasteiger partial charge in [-0.05, 0) is 64.6 Å². The highest BCUT2D eigenvalue weighted by molar-refractivity contribution is 7.99. The SMILES string of the molecule is CCNC(=NCc1cccc(OCCN(C)C2CCOCC2)c1)NCC(C)(C)SC. The first-order chi connectivity index (χ1) is 14.4. The van der Waals surface area contributed by atoms with E-state index in [9.17, 15) is 0 Å². The number of nitrogens with one attached hydrogen (secondary N) is 2. The highest BCUT2D eigenvalue weighted by atomic mass is 32.2. The van der Waals surface area contributed by atoms with Crippen molar-refractivity contribution >= 4 is 17.7 Å². The Hall–Kier alpha value is -1.44. The molecule has 1 saturated heterocycles. The molecule has 0 aliphatic carbocycles. The smallest absolute Gasteiger partial charge is 0.191 e. The van der Waals surface area contributed by atoms with Crippen molar-refractivity contribution < 1.29 is 9.47 Å². The summed E-state index contributed by atoms with van der Waals surface area (Å²) in [6.07, 6.45) is 4.36. The average Bonchev–Trinajstić information content (AvgIpc) is 2.76. The van der Waals surface area contributed by atoms with Gasteiger partial charge in [-0.15, -0.1) is 0 Å². The number of benzene rings is 1. The Labute approximate surface area is 187 Å². The molecule has 1 fully saturated rings. The molecule has 1 aromatic carbocycles. The topological polar surface area (TPSA) is 58.1 Å². The van der Waals surface area contributed by atoms with Crippen molar-refractivity contribution in [3.63, 3.8) is 0 Å². The predicted molar refractivity (Wildman–Crippen MR) is 129 cm³/mol. The first-order valence-electron chi connectivity index (χ1n) is 11.0. The maximum absolute atomic E-state index is 6.01. The quantitative estimate of drug-likeness (QED) is 0.410. The molecule has 1 aromatic rings. The van der Waals surface area contributed by atoms with Crippen molar-refractivity contribution in [1.82, 2.24) is 15.5 Å². The maximum atomic E-state index is 6.01. The molecule has 0 amide bonds. The number of rotatable bonds is 11. The summed E-state index contributed by atoms with van der Waals surface area (Å²) in [5.41, 5.74) is 1.15. The summed E-state index contributed by atoms with van der Waals surface area (Å²) in [5.74, 6) is 1.76. The fourth-order valence-electron chi connectivity index (χ4n) is 3.23. The zero-order valence-corrected chi connectivity index (χ0v) is 20.2. The Morgan fingerprint density at radius 3 is 2.77 bits per heavy atom. The van der Waals surface area contributed by atoms with Crippen LogP contribution in [0.2, 0.25) is 0 Å². The molecule has 2 N–H and O–H groups in total. The molecule has 0 aromatic heterocycles. The van der Waals surface area contributed by atoms with Gasteiger partial charge in [0.25, 0.3) is 0 Å². The van der Waals surface area contributed by atoms with Gasteiger partial charge in [0.1, 0.15) is 12.4 Å². The Kier molecular flexibility index (Phi) is 10.8. The van der Waals surface area contributed by atoms with Crippen LogP contribution in [0.1, 0.15) is 39.2 Å². The Bertz CT molecular complexity index is 648. The van der Waals surface area contributed by atoms with Gasteiger partial charge in [0.15, 0.2) is 5.96 Å². The van der Waals surface area contributed by atoms with E-state index in [0.29, 0.717) is 19.2 Å². The molecule has 30 heavy (non-hydrogen) atoms. The lowest BCUT2D eigenvalue weighted by molar-refractivity contribution is 0.0392. The molecule has 1 heterocycles. The van der Waals surface area contributed by atoms with Gasteiger partial charge in [0.2, 0.25) is 0 Å². The largest absolute Gasteiger partial charge is 0.492 e. The molecule has 6 nitrogen and oxygen atoms in total. The Morgan fingerprint density at radius 2 is 2.07 bits per heavy atom. The minimum Gasteiger partial charge on any atom is -0.492 e. The Balaban J connectivity index is 1.83. The van der Waals surface area contributed by atoms with Gasteiger partial charge >= 0.3 is 0 Å². The summed E-state index contributed by atoms with van der Waals surface area (Å²) in [6.45, 7) is 12.2. The number of aliphatic imine (C=N–C) groups is 1. The minimum absolute atomic E-state index is 0.168. The van der Waals surface area contributed by atoms with E-state index in [1.165, 1.54) is 0 Å². The third-order valence-electron chi connectivity index (χ3n) is 5.42. The third kappa shape index (κ3) is 9.14. The number of hydrogen-bond acceptors (Lipinski definition) is 5. The van der Waals surface area contributed by atoms with Crippen molar-refractivity contribution in [2.45, 2.75) is 50.9 Å². The lowest BCUT2D eigenvalue weighted by Gasteiger charge is -2.31. The van der Waals surface area contributed by atoms with Crippen molar-refractivity contribution in [3.8, 4) is 5.75 Å². The maximum Gasteiger partial charge on any atom is 0.191 e. The summed E-state index contributed by atoms with van der Waals surface area (Å²) >= 11 is 1.85. The van der Waals surface area contributed by atoms with Gasteiger partial charge in [-0.25, -0.2) is 4.99 Å². The molecular weight excluding hydrogens is 396 g/mol. The number of guanidine groups is 1. The molecule has 0 unspecified atom stereocenters. The molecule has 0 radical (unpaired) electrons. The second-order valence-electron chi connectivity index (χ2n) is 8.33. The number of likely N-dealkylation sites (N-methyl/N-ethyl adjacent to an activating group) is 1. The average molecular weight is 437 g/mol. The molecule has 0 saturated carbocycles. The third-order valence-corrected chi connectivity index (χ3v) is 6.67. The van der Waals surface area contributed by atoms with E-state index in [1.807, 2.05) is 23.9 Å². The van der Waals surface area contributed by atoms with Crippen LogP contribution in [0, 0.1) is 0 Å². The molecule has 2 rings (SSSR count). The minimum atomic E-state index is 0.168. The molecule has 170 valence electrons. The van der Waals surface area contributed by atoms with E-state index in [1.54, 1.807) is 0 Å². The normalized spacial score (nSPS) is 16.0. The fourth-order valence-corrected chi connectivity index (χ4v) is 3.45. The van der Waals surface area contributed by atoms with E-state index in [0.717, 1.165) is 63.0 Å². The lowest BCUT2D eigenvalue weighted by atomic mass is 10.1. The standard InChI is InChI=1S/C23H40N4O2S/c1-6-24-22(26-18-23(2,3)30-5)25-17-19-8-7-9-21(16-19)29-15-12-27(4)20-10-13-28-14-11-20/h7-9,16,20H,6,10-15,17-18H2,1-5H3,(H2,24,25,26). The first kappa shape index (κ1) is 24.8. The van der Waals surface area contributed by atoms with Gasteiger partial charge in [0, 0.05) is 43.6 Å². The van der Waals surface area contributed by atoms with Crippen LogP contribution in [0.5, 0.6) is 5.75 Å². The second kappa shape index (κ2) is 13.1. The zero-order chi connectivity index (χ0) is 21.8. The van der Waals surface area contributed by atoms with E-state index >= 15 is 0 Å². The molecular formula is C23H40N4O2S. The van der Waals surface area contributed by atoms with Gasteiger partial charge in [0.05, 0.1) is 6.54 Å². The molecule has 7 heteroatoms. The lowest BCUT2D eigenvalue weighted by Crippen LogP contribution is -2.43. The second-order valence-corrected chi connectivity index (χ2v) is 9.85. The van der Waals surface area contributed by atoms with Crippen LogP contribution in [0.15, 0.2) is 29.3 Å². The van der Waals surface area contributed by atoms with Crippen LogP contribution >= 0.6 is 11.8 Å². The molecule has 0 atom stereocenters. The highest BCUT2D eigenvalue weighted by Crippen LogP contribution is 2.19. The van der Waals surface area contributed by atoms with Crippen LogP contribution in [0.4, 0.5) is 0 Å². The van der Waals surface area contributed by atoms with E-state index in [4.69, 9.17) is 14.5 Å². The summed E-state index contributed by atoms with van der Waals surface area (Å²) < 4.78 is 11.6. The summed E-state index contributed by atoms with van der Waals surface area (Å²) in [4.78, 5) is 7.13. The molecule has 1 aliphatic rings. The first-order valence-corrected chi connectivity index (χ1v) is 12.2. The summed E-state index contributed by atoms with van der Waals surface area (Å²) in [5, 5.41) is 6.77. The number of ether oxygens (including phenoxy) is 2. The molecule has 0 bridgehead atoms. The fraction of sp³-hybridized carbons (Fsp3) is 0.696. The van der Waals surface area contributed by atoms with Crippen LogP contribution in [0.3, 0.4) is 0 Å². The summed E-state index contributed by atoms with van der Waals surface area (Å²) in [6, 6.07) is 8.86. The van der Waals surface area contributed by atoms with E-state index in [-0.39, 0.29) is 4.75 Å². The Morgan fingerprint density at radius 1 is 1.30 bits per heavy atom. The van der Waals surface area contributed by atoms with Crippen molar-refractivity contribution in [3.05, 3.63) is 29.8 Å². The van der Waals surface area contributed by atoms with E-state index in [2.05, 4.69) is 61.7 Å². The van der Waals surface area contributed by atoms with Gasteiger partial charge in [-0.3, -0.25) is 4.90 Å². The van der Waals surface area contributed by atoms with Gasteiger partial charge in [-0.1, -0.05) is 12.1 Å². The van der Waals surface area contributed by atoms with Crippen LogP contribution < -0.4 is 15.4 Å². The highest BCUT2D eigenvalue weighted by Gasteiger charge is 2.18.